The Labute approximate surface area is 131 Å². The van der Waals surface area contributed by atoms with Gasteiger partial charge < -0.3 is 20.1 Å². The van der Waals surface area contributed by atoms with E-state index in [1.54, 1.807) is 20.8 Å². The molecule has 0 aliphatic rings. The van der Waals surface area contributed by atoms with Gasteiger partial charge in [0, 0.05) is 5.39 Å². The van der Waals surface area contributed by atoms with E-state index in [1.807, 2.05) is 36.4 Å². The highest BCUT2D eigenvalue weighted by Gasteiger charge is 2.32. The summed E-state index contributed by atoms with van der Waals surface area (Å²) in [6.07, 6.45) is 0. The standard InChI is InChI=1S/C16H23N2O3P/c1-4-20-22(19,21-5-2)12(3)18-15-11-10-13-8-6-7-9-14(13)16(15)17/h6-12,18H,4-5,17H2,1-3H3. The lowest BCUT2D eigenvalue weighted by atomic mass is 10.1. The topological polar surface area (TPSA) is 73.6 Å². The number of nitrogens with one attached hydrogen (secondary N) is 1. The third-order valence-electron chi connectivity index (χ3n) is 3.43. The Balaban J connectivity index is 2.29. The monoisotopic (exact) mass is 322 g/mol. The van der Waals surface area contributed by atoms with Crippen molar-refractivity contribution in [3.63, 3.8) is 0 Å². The van der Waals surface area contributed by atoms with Crippen molar-refractivity contribution in [1.82, 2.24) is 0 Å². The molecule has 0 spiro atoms. The number of nitrogens with two attached hydrogens (primary N) is 1. The van der Waals surface area contributed by atoms with Crippen molar-refractivity contribution in [2.45, 2.75) is 26.6 Å². The van der Waals surface area contributed by atoms with E-state index in [-0.39, 0.29) is 0 Å². The molecule has 22 heavy (non-hydrogen) atoms. The Kier molecular flexibility index (Phi) is 5.46. The average Bonchev–Trinajstić information content (AvgIpc) is 2.50. The molecule has 0 bridgehead atoms. The van der Waals surface area contributed by atoms with Gasteiger partial charge in [-0.05, 0) is 32.2 Å². The summed E-state index contributed by atoms with van der Waals surface area (Å²) in [6.45, 7) is 6.03. The fourth-order valence-corrected chi connectivity index (χ4v) is 3.89. The molecule has 6 heteroatoms. The van der Waals surface area contributed by atoms with Crippen LogP contribution in [0.25, 0.3) is 10.8 Å². The van der Waals surface area contributed by atoms with Crippen molar-refractivity contribution in [3.8, 4) is 0 Å². The summed E-state index contributed by atoms with van der Waals surface area (Å²) in [5.41, 5.74) is 7.58. The van der Waals surface area contributed by atoms with Crippen LogP contribution in [0, 0.1) is 0 Å². The molecule has 0 aliphatic heterocycles. The van der Waals surface area contributed by atoms with Crippen LogP contribution in [-0.4, -0.2) is 19.0 Å². The first-order valence-corrected chi connectivity index (χ1v) is 9.05. The second-order valence-electron chi connectivity index (χ2n) is 4.94. The molecule has 0 saturated carbocycles. The number of nitrogen functional groups attached to an aromatic ring is 1. The van der Waals surface area contributed by atoms with E-state index in [4.69, 9.17) is 14.8 Å². The van der Waals surface area contributed by atoms with E-state index >= 15 is 0 Å². The number of hydrogen-bond donors (Lipinski definition) is 2. The SMILES string of the molecule is CCOP(=O)(OCC)C(C)Nc1ccc2ccccc2c1N. The van der Waals surface area contributed by atoms with Gasteiger partial charge in [-0.3, -0.25) is 4.57 Å². The van der Waals surface area contributed by atoms with Crippen LogP contribution in [0.4, 0.5) is 11.4 Å². The summed E-state index contributed by atoms with van der Waals surface area (Å²) in [6, 6.07) is 11.7. The predicted molar refractivity (Wildman–Crippen MR) is 92.3 cm³/mol. The molecular weight excluding hydrogens is 299 g/mol. The highest BCUT2D eigenvalue weighted by molar-refractivity contribution is 7.54. The summed E-state index contributed by atoms with van der Waals surface area (Å²) in [7, 11) is -3.22. The average molecular weight is 322 g/mol. The van der Waals surface area contributed by atoms with Gasteiger partial charge in [0.1, 0.15) is 5.78 Å². The van der Waals surface area contributed by atoms with E-state index in [0.29, 0.717) is 18.9 Å². The molecule has 2 aromatic rings. The number of rotatable bonds is 7. The normalized spacial score (nSPS) is 13.2. The largest absolute Gasteiger partial charge is 0.397 e. The lowest BCUT2D eigenvalue weighted by Crippen LogP contribution is -2.19. The maximum Gasteiger partial charge on any atom is 0.352 e. The Morgan fingerprint density at radius 3 is 2.41 bits per heavy atom. The molecule has 1 atom stereocenters. The molecule has 0 fully saturated rings. The zero-order valence-electron chi connectivity index (χ0n) is 13.2. The maximum atomic E-state index is 12.7. The molecule has 2 aromatic carbocycles. The highest BCUT2D eigenvalue weighted by atomic mass is 31.2. The Bertz CT molecular complexity index is 680. The van der Waals surface area contributed by atoms with Crippen LogP contribution in [0.5, 0.6) is 0 Å². The second kappa shape index (κ2) is 7.14. The van der Waals surface area contributed by atoms with Crippen molar-refractivity contribution >= 4 is 29.7 Å². The van der Waals surface area contributed by atoms with Crippen molar-refractivity contribution < 1.29 is 13.6 Å². The third-order valence-corrected chi connectivity index (χ3v) is 5.74. The van der Waals surface area contributed by atoms with Crippen LogP contribution in [0.3, 0.4) is 0 Å². The number of hydrogen-bond acceptors (Lipinski definition) is 5. The molecule has 2 rings (SSSR count). The van der Waals surface area contributed by atoms with Gasteiger partial charge in [-0.1, -0.05) is 30.3 Å². The van der Waals surface area contributed by atoms with Gasteiger partial charge in [-0.25, -0.2) is 0 Å². The number of benzene rings is 2. The number of anilines is 2. The minimum Gasteiger partial charge on any atom is -0.397 e. The smallest absolute Gasteiger partial charge is 0.352 e. The first kappa shape index (κ1) is 16.8. The van der Waals surface area contributed by atoms with Crippen LogP contribution in [0.15, 0.2) is 36.4 Å². The van der Waals surface area contributed by atoms with Crippen molar-refractivity contribution in [1.29, 1.82) is 0 Å². The summed E-state index contributed by atoms with van der Waals surface area (Å²) >= 11 is 0. The molecule has 0 heterocycles. The molecule has 1 unspecified atom stereocenters. The van der Waals surface area contributed by atoms with Crippen LogP contribution < -0.4 is 11.1 Å². The van der Waals surface area contributed by atoms with Crippen molar-refractivity contribution in [2.75, 3.05) is 24.3 Å². The molecule has 0 aliphatic carbocycles. The highest BCUT2D eigenvalue weighted by Crippen LogP contribution is 2.53. The molecule has 5 nitrogen and oxygen atoms in total. The lowest BCUT2D eigenvalue weighted by Gasteiger charge is -2.25. The Morgan fingerprint density at radius 2 is 1.77 bits per heavy atom. The predicted octanol–water partition coefficient (Wildman–Crippen LogP) is 4.45. The minimum absolute atomic E-state index is 0.330. The van der Waals surface area contributed by atoms with Gasteiger partial charge in [-0.15, -0.1) is 0 Å². The van der Waals surface area contributed by atoms with E-state index in [2.05, 4.69) is 5.32 Å². The summed E-state index contributed by atoms with van der Waals surface area (Å²) in [4.78, 5) is 0. The minimum atomic E-state index is -3.22. The molecule has 0 amide bonds. The van der Waals surface area contributed by atoms with Gasteiger partial charge in [0.25, 0.3) is 0 Å². The number of fused-ring (bicyclic) bond motifs is 1. The van der Waals surface area contributed by atoms with E-state index in [9.17, 15) is 4.57 Å². The van der Waals surface area contributed by atoms with Crippen LogP contribution in [0.2, 0.25) is 0 Å². The van der Waals surface area contributed by atoms with Crippen LogP contribution in [-0.2, 0) is 13.6 Å². The lowest BCUT2D eigenvalue weighted by molar-refractivity contribution is 0.215. The summed E-state index contributed by atoms with van der Waals surface area (Å²) in [5, 5.41) is 5.20. The van der Waals surface area contributed by atoms with Gasteiger partial charge in [-0.2, -0.15) is 0 Å². The Morgan fingerprint density at radius 1 is 1.14 bits per heavy atom. The third kappa shape index (κ3) is 3.43. The quantitative estimate of drug-likeness (QED) is 0.582. The Hall–Kier alpha value is -1.55. The molecule has 0 aromatic heterocycles. The maximum absolute atomic E-state index is 12.7. The van der Waals surface area contributed by atoms with Crippen LogP contribution >= 0.6 is 7.60 Å². The molecule has 120 valence electrons. The molecule has 0 radical (unpaired) electrons. The zero-order chi connectivity index (χ0) is 16.2. The summed E-state index contributed by atoms with van der Waals surface area (Å²) < 4.78 is 23.5. The van der Waals surface area contributed by atoms with Crippen molar-refractivity contribution in [3.05, 3.63) is 36.4 Å². The van der Waals surface area contributed by atoms with E-state index in [1.165, 1.54) is 0 Å². The second-order valence-corrected chi connectivity index (χ2v) is 7.31. The first-order valence-electron chi connectivity index (χ1n) is 7.44. The zero-order valence-corrected chi connectivity index (χ0v) is 14.1. The van der Waals surface area contributed by atoms with Gasteiger partial charge >= 0.3 is 7.60 Å². The summed E-state index contributed by atoms with van der Waals surface area (Å²) in [5.74, 6) is -0.490. The van der Waals surface area contributed by atoms with E-state index < -0.39 is 13.4 Å². The molecular formula is C16H23N2O3P. The van der Waals surface area contributed by atoms with Gasteiger partial charge in [0.15, 0.2) is 0 Å². The van der Waals surface area contributed by atoms with Crippen LogP contribution in [0.1, 0.15) is 20.8 Å². The van der Waals surface area contributed by atoms with E-state index in [0.717, 1.165) is 16.5 Å². The fourth-order valence-electron chi connectivity index (χ4n) is 2.35. The van der Waals surface area contributed by atoms with Gasteiger partial charge in [0.2, 0.25) is 0 Å². The molecule has 0 saturated heterocycles. The van der Waals surface area contributed by atoms with Gasteiger partial charge in [0.05, 0.1) is 24.6 Å². The fraction of sp³-hybridized carbons (Fsp3) is 0.375. The first-order chi connectivity index (χ1) is 10.5. The van der Waals surface area contributed by atoms with Crippen molar-refractivity contribution in [2.24, 2.45) is 0 Å². The molecule has 3 N–H and O–H groups in total.